The molecule has 2 atom stereocenters. The molecular weight excluding hydrogens is 489 g/mol. The Morgan fingerprint density at radius 2 is 1.59 bits per heavy atom. The molecular formula is C27H37F3N2O5. The number of hydrogen-bond donors (Lipinski definition) is 0. The fraction of sp³-hybridized carbons (Fsp3) is 0.593. The van der Waals surface area contributed by atoms with E-state index in [-0.39, 0.29) is 5.88 Å². The molecule has 10 heteroatoms. The second-order valence-electron chi connectivity index (χ2n) is 8.71. The van der Waals surface area contributed by atoms with Crippen LogP contribution in [0, 0.1) is 0 Å². The molecule has 0 fully saturated rings. The number of alkyl halides is 3. The molecule has 1 heterocycles. The Hall–Kier alpha value is -2.88. The van der Waals surface area contributed by atoms with E-state index in [0.717, 1.165) is 37.0 Å². The van der Waals surface area contributed by atoms with Gasteiger partial charge in [-0.15, -0.1) is 10.2 Å². The van der Waals surface area contributed by atoms with E-state index in [4.69, 9.17) is 18.9 Å². The number of hydrogen-bond acceptors (Lipinski definition) is 7. The van der Waals surface area contributed by atoms with Crippen molar-refractivity contribution in [2.75, 3.05) is 13.2 Å². The maximum atomic E-state index is 13.0. The first-order valence-electron chi connectivity index (χ1n) is 12.8. The summed E-state index contributed by atoms with van der Waals surface area (Å²) in [5.74, 6) is -0.400. The highest BCUT2D eigenvalue weighted by Crippen LogP contribution is 2.26. The summed E-state index contributed by atoms with van der Waals surface area (Å²) in [7, 11) is 0. The Labute approximate surface area is 216 Å². The van der Waals surface area contributed by atoms with Gasteiger partial charge in [-0.2, -0.15) is 13.2 Å². The maximum absolute atomic E-state index is 13.0. The zero-order valence-electron chi connectivity index (χ0n) is 21.8. The van der Waals surface area contributed by atoms with Crippen LogP contribution in [0.1, 0.15) is 72.1 Å². The quantitative estimate of drug-likeness (QED) is 0.126. The molecule has 0 saturated carbocycles. The predicted octanol–water partition coefficient (Wildman–Crippen LogP) is 6.90. The maximum Gasteiger partial charge on any atom is 0.396 e. The molecule has 0 bridgehead atoms. The Kier molecular flexibility index (Phi) is 13.2. The van der Waals surface area contributed by atoms with Gasteiger partial charge in [-0.05, 0) is 50.1 Å². The third kappa shape index (κ3) is 12.3. The van der Waals surface area contributed by atoms with E-state index in [9.17, 15) is 18.0 Å². The van der Waals surface area contributed by atoms with Crippen molar-refractivity contribution < 1.29 is 36.9 Å². The smallest absolute Gasteiger partial charge is 0.396 e. The van der Waals surface area contributed by atoms with Crippen LogP contribution in [0.3, 0.4) is 0 Å². The van der Waals surface area contributed by atoms with Crippen LogP contribution in [0.2, 0.25) is 0 Å². The van der Waals surface area contributed by atoms with Gasteiger partial charge in [0.05, 0.1) is 12.3 Å². The molecule has 1 aromatic heterocycles. The Morgan fingerprint density at radius 1 is 0.892 bits per heavy atom. The third-order valence-electron chi connectivity index (χ3n) is 5.40. The number of halogens is 3. The van der Waals surface area contributed by atoms with Crippen LogP contribution in [0.25, 0.3) is 11.3 Å². The SMILES string of the molecule is CCCCCCCOc1ccc(-c2ccc(OC(CC(F)(F)F)OC(=O)C(C)OCCCC)nn2)cc1. The first kappa shape index (κ1) is 30.3. The molecule has 7 nitrogen and oxygen atoms in total. The van der Waals surface area contributed by atoms with Crippen molar-refractivity contribution in [1.29, 1.82) is 0 Å². The Bertz CT molecular complexity index is 908. The van der Waals surface area contributed by atoms with Crippen LogP contribution in [0.5, 0.6) is 11.6 Å². The average Bonchev–Trinajstić information content (AvgIpc) is 2.86. The summed E-state index contributed by atoms with van der Waals surface area (Å²) in [5.41, 5.74) is 1.26. The topological polar surface area (TPSA) is 79.8 Å². The largest absolute Gasteiger partial charge is 0.494 e. The van der Waals surface area contributed by atoms with Crippen LogP contribution in [0.4, 0.5) is 13.2 Å². The molecule has 0 radical (unpaired) electrons. The second-order valence-corrected chi connectivity index (χ2v) is 8.71. The molecule has 0 aliphatic heterocycles. The zero-order chi connectivity index (χ0) is 27.1. The van der Waals surface area contributed by atoms with E-state index in [1.165, 1.54) is 32.3 Å². The lowest BCUT2D eigenvalue weighted by Gasteiger charge is -2.21. The van der Waals surface area contributed by atoms with Crippen LogP contribution in [-0.2, 0) is 14.3 Å². The van der Waals surface area contributed by atoms with Crippen molar-refractivity contribution in [2.24, 2.45) is 0 Å². The summed E-state index contributed by atoms with van der Waals surface area (Å²) < 4.78 is 60.3. The number of carbonyl (C=O) groups excluding carboxylic acids is 1. The minimum atomic E-state index is -4.62. The van der Waals surface area contributed by atoms with Gasteiger partial charge in [-0.1, -0.05) is 46.0 Å². The molecule has 0 spiro atoms. The van der Waals surface area contributed by atoms with Crippen molar-refractivity contribution in [3.8, 4) is 22.9 Å². The normalized spacial score (nSPS) is 13.1. The van der Waals surface area contributed by atoms with Gasteiger partial charge in [-0.25, -0.2) is 4.79 Å². The second kappa shape index (κ2) is 16.1. The third-order valence-corrected chi connectivity index (χ3v) is 5.40. The number of ether oxygens (including phenoxy) is 4. The fourth-order valence-electron chi connectivity index (χ4n) is 3.28. The van der Waals surface area contributed by atoms with Gasteiger partial charge in [0.25, 0.3) is 6.29 Å². The van der Waals surface area contributed by atoms with Crippen molar-refractivity contribution in [3.05, 3.63) is 36.4 Å². The summed E-state index contributed by atoms with van der Waals surface area (Å²) in [6.07, 6.45) is -1.68. The number of nitrogens with zero attached hydrogens (tertiary/aromatic N) is 2. The molecule has 2 rings (SSSR count). The predicted molar refractivity (Wildman–Crippen MR) is 133 cm³/mol. The van der Waals surface area contributed by atoms with Crippen molar-refractivity contribution in [3.63, 3.8) is 0 Å². The summed E-state index contributed by atoms with van der Waals surface area (Å²) in [6, 6.07) is 10.2. The first-order chi connectivity index (χ1) is 17.7. The number of esters is 1. The van der Waals surface area contributed by atoms with Crippen LogP contribution < -0.4 is 9.47 Å². The van der Waals surface area contributed by atoms with E-state index in [1.807, 2.05) is 31.2 Å². The zero-order valence-corrected chi connectivity index (χ0v) is 21.8. The van der Waals surface area contributed by atoms with Crippen LogP contribution in [-0.4, -0.2) is 48.0 Å². The van der Waals surface area contributed by atoms with Gasteiger partial charge in [0.15, 0.2) is 6.10 Å². The molecule has 206 valence electrons. The molecule has 1 aromatic carbocycles. The molecule has 0 N–H and O–H groups in total. The van der Waals surface area contributed by atoms with Crippen molar-refractivity contribution >= 4 is 5.97 Å². The van der Waals surface area contributed by atoms with Gasteiger partial charge < -0.3 is 18.9 Å². The summed E-state index contributed by atoms with van der Waals surface area (Å²) >= 11 is 0. The van der Waals surface area contributed by atoms with E-state index >= 15 is 0 Å². The van der Waals surface area contributed by atoms with E-state index in [2.05, 4.69) is 17.1 Å². The molecule has 0 amide bonds. The molecule has 37 heavy (non-hydrogen) atoms. The highest BCUT2D eigenvalue weighted by molar-refractivity contribution is 5.74. The molecule has 0 aliphatic carbocycles. The van der Waals surface area contributed by atoms with Crippen molar-refractivity contribution in [2.45, 2.75) is 90.7 Å². The van der Waals surface area contributed by atoms with E-state index in [1.54, 1.807) is 6.07 Å². The van der Waals surface area contributed by atoms with Gasteiger partial charge in [0.1, 0.15) is 12.2 Å². The number of benzene rings is 1. The van der Waals surface area contributed by atoms with Crippen molar-refractivity contribution in [1.82, 2.24) is 10.2 Å². The molecule has 2 unspecified atom stereocenters. The monoisotopic (exact) mass is 526 g/mol. The molecule has 0 aliphatic rings. The Morgan fingerprint density at radius 3 is 2.22 bits per heavy atom. The number of rotatable bonds is 17. The summed E-state index contributed by atoms with van der Waals surface area (Å²) in [4.78, 5) is 12.2. The lowest BCUT2D eigenvalue weighted by atomic mass is 10.1. The van der Waals surface area contributed by atoms with Gasteiger partial charge in [-0.3, -0.25) is 0 Å². The highest BCUT2D eigenvalue weighted by atomic mass is 19.4. The number of unbranched alkanes of at least 4 members (excludes halogenated alkanes) is 5. The van der Waals surface area contributed by atoms with Crippen LogP contribution in [0.15, 0.2) is 36.4 Å². The highest BCUT2D eigenvalue weighted by Gasteiger charge is 2.36. The fourth-order valence-corrected chi connectivity index (χ4v) is 3.28. The van der Waals surface area contributed by atoms with Gasteiger partial charge in [0, 0.05) is 18.2 Å². The average molecular weight is 527 g/mol. The Balaban J connectivity index is 1.93. The van der Waals surface area contributed by atoms with Crippen LogP contribution >= 0.6 is 0 Å². The minimum Gasteiger partial charge on any atom is -0.494 e. The van der Waals surface area contributed by atoms with Gasteiger partial charge in [0.2, 0.25) is 5.88 Å². The minimum absolute atomic E-state index is 0.201. The van der Waals surface area contributed by atoms with E-state index in [0.29, 0.717) is 18.9 Å². The standard InChI is InChI=1S/C27H37F3N2O5/c1-4-6-8-9-10-18-35-22-13-11-21(12-14-22)23-15-16-24(32-31-23)36-25(19-27(28,29)30)37-26(33)20(3)34-17-7-5-2/h11-16,20,25H,4-10,17-19H2,1-3H3. The summed E-state index contributed by atoms with van der Waals surface area (Å²) in [5, 5.41) is 7.89. The number of aromatic nitrogens is 2. The lowest BCUT2D eigenvalue weighted by Crippen LogP contribution is -2.34. The van der Waals surface area contributed by atoms with E-state index < -0.39 is 31.0 Å². The van der Waals surface area contributed by atoms with Gasteiger partial charge >= 0.3 is 12.1 Å². The number of carbonyl (C=O) groups is 1. The lowest BCUT2D eigenvalue weighted by molar-refractivity contribution is -0.207. The molecule has 2 aromatic rings. The summed E-state index contributed by atoms with van der Waals surface area (Å²) in [6.45, 7) is 6.50. The molecule has 0 saturated heterocycles. The first-order valence-corrected chi connectivity index (χ1v) is 12.8.